The van der Waals surface area contributed by atoms with Crippen LogP contribution in [0, 0.1) is 17.3 Å². The number of rotatable bonds is 16. The Morgan fingerprint density at radius 2 is 1.19 bits per heavy atom. The molecule has 1 heteroatoms. The lowest BCUT2D eigenvalue weighted by Crippen LogP contribution is -2.44. The van der Waals surface area contributed by atoms with Crippen LogP contribution in [-0.2, 0) is 5.41 Å². The van der Waals surface area contributed by atoms with E-state index in [0.29, 0.717) is 10.8 Å². The summed E-state index contributed by atoms with van der Waals surface area (Å²) in [6.07, 6.45) is 31.6. The first-order valence-corrected chi connectivity index (χ1v) is 16.4. The summed E-state index contributed by atoms with van der Waals surface area (Å²) < 4.78 is 6.19. The molecule has 0 unspecified atom stereocenters. The first-order valence-electron chi connectivity index (χ1n) is 16.4. The van der Waals surface area contributed by atoms with Gasteiger partial charge in [-0.1, -0.05) is 109 Å². The summed E-state index contributed by atoms with van der Waals surface area (Å²) in [7, 11) is 0. The SMILES string of the molecule is CCCCCCCC12CCC(c3ccc(OCCCC4CCC(CCCCC)CC4)cc3)(CC1)CC2. The summed E-state index contributed by atoms with van der Waals surface area (Å²) in [4.78, 5) is 0. The molecule has 0 aromatic heterocycles. The second-order valence-corrected chi connectivity index (χ2v) is 13.3. The van der Waals surface area contributed by atoms with Crippen LogP contribution in [0.4, 0.5) is 0 Å². The molecule has 0 heterocycles. The molecule has 5 rings (SSSR count). The highest BCUT2D eigenvalue weighted by Crippen LogP contribution is 2.59. The number of hydrogen-bond acceptors (Lipinski definition) is 1. The highest BCUT2D eigenvalue weighted by atomic mass is 16.5. The lowest BCUT2D eigenvalue weighted by molar-refractivity contribution is 0.0304. The van der Waals surface area contributed by atoms with E-state index in [0.717, 1.165) is 24.2 Å². The number of fused-ring (bicyclic) bond motifs is 3. The van der Waals surface area contributed by atoms with Gasteiger partial charge in [-0.05, 0) is 98.1 Å². The number of benzene rings is 1. The summed E-state index contributed by atoms with van der Waals surface area (Å²) >= 11 is 0. The summed E-state index contributed by atoms with van der Waals surface area (Å²) in [5.41, 5.74) is 2.77. The predicted molar refractivity (Wildman–Crippen MR) is 156 cm³/mol. The van der Waals surface area contributed by atoms with Gasteiger partial charge in [0.1, 0.15) is 5.75 Å². The fourth-order valence-corrected chi connectivity index (χ4v) is 8.13. The van der Waals surface area contributed by atoms with E-state index in [4.69, 9.17) is 4.74 Å². The van der Waals surface area contributed by atoms with Crippen molar-refractivity contribution in [2.45, 2.75) is 161 Å². The van der Waals surface area contributed by atoms with Crippen LogP contribution in [0.2, 0.25) is 0 Å². The van der Waals surface area contributed by atoms with Crippen LogP contribution in [0.1, 0.15) is 161 Å². The average molecular weight is 495 g/mol. The predicted octanol–water partition coefficient (Wildman–Crippen LogP) is 11.2. The van der Waals surface area contributed by atoms with Gasteiger partial charge in [0.05, 0.1) is 6.61 Å². The first-order chi connectivity index (χ1) is 17.7. The Hall–Kier alpha value is -0.980. The van der Waals surface area contributed by atoms with Crippen molar-refractivity contribution in [1.29, 1.82) is 0 Å². The van der Waals surface area contributed by atoms with Crippen LogP contribution in [-0.4, -0.2) is 6.61 Å². The molecule has 0 N–H and O–H groups in total. The van der Waals surface area contributed by atoms with Gasteiger partial charge in [-0.3, -0.25) is 0 Å². The summed E-state index contributed by atoms with van der Waals surface area (Å²) in [6.45, 7) is 5.53. The standard InChI is InChI=1S/C35H58O/c1-3-5-7-8-10-22-34-23-26-35(27-24-34,28-25-34)32-18-20-33(21-19-32)36-29-11-13-31-16-14-30(15-17-31)12-9-6-4-2/h18-21,30-31H,3-17,22-29H2,1-2H3. The van der Waals surface area contributed by atoms with E-state index in [1.54, 1.807) is 5.56 Å². The topological polar surface area (TPSA) is 9.23 Å². The molecule has 0 amide bonds. The van der Waals surface area contributed by atoms with E-state index in [2.05, 4.69) is 38.1 Å². The Morgan fingerprint density at radius 1 is 0.639 bits per heavy atom. The van der Waals surface area contributed by atoms with Crippen molar-refractivity contribution in [3.8, 4) is 5.75 Å². The van der Waals surface area contributed by atoms with Gasteiger partial charge in [-0.2, -0.15) is 0 Å². The Bertz CT molecular complexity index is 701. The maximum absolute atomic E-state index is 6.19. The van der Waals surface area contributed by atoms with E-state index in [9.17, 15) is 0 Å². The molecule has 1 aromatic rings. The normalized spacial score (nSPS) is 29.9. The molecule has 36 heavy (non-hydrogen) atoms. The van der Waals surface area contributed by atoms with E-state index in [1.165, 1.54) is 141 Å². The highest BCUT2D eigenvalue weighted by molar-refractivity contribution is 5.34. The zero-order valence-electron chi connectivity index (χ0n) is 24.1. The average Bonchev–Trinajstić information content (AvgIpc) is 2.93. The maximum Gasteiger partial charge on any atom is 0.119 e. The van der Waals surface area contributed by atoms with Crippen LogP contribution < -0.4 is 4.74 Å². The Kier molecular flexibility index (Phi) is 11.1. The van der Waals surface area contributed by atoms with Gasteiger partial charge in [0.2, 0.25) is 0 Å². The molecule has 0 spiro atoms. The zero-order valence-corrected chi connectivity index (χ0v) is 24.1. The van der Waals surface area contributed by atoms with Crippen LogP contribution in [0.3, 0.4) is 0 Å². The third-order valence-corrected chi connectivity index (χ3v) is 10.9. The second-order valence-electron chi connectivity index (χ2n) is 13.3. The van der Waals surface area contributed by atoms with Crippen molar-refractivity contribution in [2.75, 3.05) is 6.61 Å². The smallest absolute Gasteiger partial charge is 0.119 e. The molecular weight excluding hydrogens is 436 g/mol. The number of ether oxygens (including phenoxy) is 1. The van der Waals surface area contributed by atoms with Gasteiger partial charge in [0.25, 0.3) is 0 Å². The Balaban J connectivity index is 1.12. The van der Waals surface area contributed by atoms with E-state index < -0.39 is 0 Å². The summed E-state index contributed by atoms with van der Waals surface area (Å²) in [5, 5.41) is 0. The minimum absolute atomic E-state index is 0.470. The number of hydrogen-bond donors (Lipinski definition) is 0. The fourth-order valence-electron chi connectivity index (χ4n) is 8.13. The van der Waals surface area contributed by atoms with Crippen molar-refractivity contribution in [3.05, 3.63) is 29.8 Å². The molecule has 2 bridgehead atoms. The minimum Gasteiger partial charge on any atom is -0.494 e. The van der Waals surface area contributed by atoms with Crippen LogP contribution in [0.5, 0.6) is 5.75 Å². The van der Waals surface area contributed by atoms with Crippen molar-refractivity contribution in [3.63, 3.8) is 0 Å². The van der Waals surface area contributed by atoms with Crippen molar-refractivity contribution < 1.29 is 4.74 Å². The quantitative estimate of drug-likeness (QED) is 0.208. The molecule has 204 valence electrons. The zero-order chi connectivity index (χ0) is 25.1. The van der Waals surface area contributed by atoms with Gasteiger partial charge in [-0.15, -0.1) is 0 Å². The van der Waals surface area contributed by atoms with Crippen LogP contribution in [0.15, 0.2) is 24.3 Å². The summed E-state index contributed by atoms with van der Waals surface area (Å²) in [5.74, 6) is 3.07. The van der Waals surface area contributed by atoms with Gasteiger partial charge in [0.15, 0.2) is 0 Å². The highest BCUT2D eigenvalue weighted by Gasteiger charge is 2.48. The molecular formula is C35H58O. The van der Waals surface area contributed by atoms with E-state index >= 15 is 0 Å². The third-order valence-electron chi connectivity index (χ3n) is 10.9. The number of unbranched alkanes of at least 4 members (excludes halogenated alkanes) is 6. The maximum atomic E-state index is 6.19. The summed E-state index contributed by atoms with van der Waals surface area (Å²) in [6, 6.07) is 9.38. The second kappa shape index (κ2) is 14.2. The third kappa shape index (κ3) is 7.77. The molecule has 0 radical (unpaired) electrons. The van der Waals surface area contributed by atoms with Gasteiger partial charge < -0.3 is 4.74 Å². The molecule has 4 saturated carbocycles. The molecule has 4 fully saturated rings. The van der Waals surface area contributed by atoms with Crippen molar-refractivity contribution in [2.24, 2.45) is 17.3 Å². The largest absolute Gasteiger partial charge is 0.494 e. The molecule has 4 aliphatic rings. The molecule has 0 atom stereocenters. The van der Waals surface area contributed by atoms with Crippen molar-refractivity contribution >= 4 is 0 Å². The van der Waals surface area contributed by atoms with Crippen LogP contribution >= 0.6 is 0 Å². The van der Waals surface area contributed by atoms with E-state index in [1.807, 2.05) is 0 Å². The first kappa shape index (κ1) is 28.0. The van der Waals surface area contributed by atoms with Gasteiger partial charge in [0, 0.05) is 0 Å². The van der Waals surface area contributed by atoms with Crippen molar-refractivity contribution in [1.82, 2.24) is 0 Å². The van der Waals surface area contributed by atoms with Crippen LogP contribution in [0.25, 0.3) is 0 Å². The minimum atomic E-state index is 0.470. The molecule has 1 aromatic carbocycles. The molecule has 0 aliphatic heterocycles. The Labute approximate surface area is 224 Å². The molecule has 4 aliphatic carbocycles. The van der Waals surface area contributed by atoms with Gasteiger partial charge in [-0.25, -0.2) is 0 Å². The monoisotopic (exact) mass is 494 g/mol. The van der Waals surface area contributed by atoms with Gasteiger partial charge >= 0.3 is 0 Å². The molecule has 1 nitrogen and oxygen atoms in total. The lowest BCUT2D eigenvalue weighted by Gasteiger charge is -2.54. The molecule has 0 saturated heterocycles. The Morgan fingerprint density at radius 3 is 1.81 bits per heavy atom. The fraction of sp³-hybridized carbons (Fsp3) is 0.829. The lowest BCUT2D eigenvalue weighted by atomic mass is 9.51. The van der Waals surface area contributed by atoms with E-state index in [-0.39, 0.29) is 0 Å².